The predicted octanol–water partition coefficient (Wildman–Crippen LogP) is 2.49. The van der Waals surface area contributed by atoms with Gasteiger partial charge in [0.1, 0.15) is 5.65 Å². The van der Waals surface area contributed by atoms with Crippen LogP contribution in [0.3, 0.4) is 0 Å². The summed E-state index contributed by atoms with van der Waals surface area (Å²) in [5.41, 5.74) is 9.15. The summed E-state index contributed by atoms with van der Waals surface area (Å²) in [6.45, 7) is 0.910. The van der Waals surface area contributed by atoms with Gasteiger partial charge in [0.05, 0.1) is 0 Å². The first-order chi connectivity index (χ1) is 10.5. The number of primary amides is 1. The lowest BCUT2D eigenvalue weighted by atomic mass is 10.0. The zero-order valence-corrected chi connectivity index (χ0v) is 12.6. The molecule has 1 radical (unpaired) electrons. The third-order valence-electron chi connectivity index (χ3n) is 3.47. The number of aromatic nitrogens is 2. The van der Waals surface area contributed by atoms with Crippen LogP contribution in [0.4, 0.5) is 4.79 Å². The van der Waals surface area contributed by atoms with Gasteiger partial charge in [0, 0.05) is 36.0 Å². The Labute approximate surface area is 129 Å². The van der Waals surface area contributed by atoms with E-state index in [0.717, 1.165) is 23.1 Å². The van der Waals surface area contributed by atoms with Crippen LogP contribution in [0.2, 0.25) is 0 Å². The molecule has 0 spiro atoms. The fourth-order valence-electron chi connectivity index (χ4n) is 2.44. The maximum absolute atomic E-state index is 11.3. The van der Waals surface area contributed by atoms with E-state index >= 15 is 0 Å². The van der Waals surface area contributed by atoms with Gasteiger partial charge in [0.15, 0.2) is 0 Å². The third kappa shape index (κ3) is 2.71. The molecule has 5 nitrogen and oxygen atoms in total. The Bertz CT molecular complexity index is 818. The summed E-state index contributed by atoms with van der Waals surface area (Å²) in [6, 6.07) is 12.8. The summed E-state index contributed by atoms with van der Waals surface area (Å²) < 4.78 is 1.29. The van der Waals surface area contributed by atoms with E-state index in [9.17, 15) is 4.79 Å². The van der Waals surface area contributed by atoms with Gasteiger partial charge in [-0.2, -0.15) is 0 Å². The molecule has 2 aromatic heterocycles. The van der Waals surface area contributed by atoms with Gasteiger partial charge >= 0.3 is 6.03 Å². The van der Waals surface area contributed by atoms with E-state index in [1.807, 2.05) is 20.2 Å². The van der Waals surface area contributed by atoms with E-state index in [1.165, 1.54) is 16.3 Å². The molecule has 0 atom stereocenters. The number of pyridine rings is 1. The molecule has 0 saturated heterocycles. The van der Waals surface area contributed by atoms with Crippen LogP contribution in [0.1, 0.15) is 5.56 Å². The van der Waals surface area contributed by atoms with E-state index in [0.29, 0.717) is 5.65 Å². The number of carbonyl (C=O) groups is 1. The number of carbonyl (C=O) groups excluding carboxylic acids is 1. The van der Waals surface area contributed by atoms with Gasteiger partial charge in [-0.3, -0.25) is 4.57 Å². The van der Waals surface area contributed by atoms with E-state index in [4.69, 9.17) is 5.73 Å². The molecule has 2 N–H and O–H groups in total. The molecule has 0 unspecified atom stereocenters. The van der Waals surface area contributed by atoms with Crippen molar-refractivity contribution in [1.82, 2.24) is 14.5 Å². The van der Waals surface area contributed by atoms with Crippen molar-refractivity contribution in [3.63, 3.8) is 0 Å². The largest absolute Gasteiger partial charge is 0.351 e. The monoisotopic (exact) mass is 293 g/mol. The fourth-order valence-corrected chi connectivity index (χ4v) is 2.44. The topological polar surface area (TPSA) is 64.2 Å². The Kier molecular flexibility index (Phi) is 3.65. The molecule has 22 heavy (non-hydrogen) atoms. The number of hydrogen-bond donors (Lipinski definition) is 1. The molecule has 5 heteroatoms. The zero-order valence-electron chi connectivity index (χ0n) is 12.6. The third-order valence-corrected chi connectivity index (χ3v) is 3.47. The Morgan fingerprint density at radius 1 is 1.27 bits per heavy atom. The Hall–Kier alpha value is -2.66. The van der Waals surface area contributed by atoms with Crippen LogP contribution < -0.4 is 5.73 Å². The molecule has 1 amide bonds. The summed E-state index contributed by atoms with van der Waals surface area (Å²) in [5, 5.41) is 0.772. The van der Waals surface area contributed by atoms with Crippen molar-refractivity contribution in [1.29, 1.82) is 0 Å². The molecule has 0 fully saturated rings. The molecule has 0 aliphatic carbocycles. The molecular weight excluding hydrogens is 276 g/mol. The molecule has 2 heterocycles. The molecule has 0 saturated carbocycles. The SMILES string of the molecule is CN(C)Cc1ccc(-c2cnc3c([c]cn3C(N)=O)c2)cc1. The van der Waals surface area contributed by atoms with Crippen molar-refractivity contribution < 1.29 is 4.79 Å². The minimum atomic E-state index is -0.556. The average molecular weight is 293 g/mol. The molecule has 0 aliphatic rings. The number of nitrogens with two attached hydrogens (primary N) is 1. The number of benzene rings is 1. The van der Waals surface area contributed by atoms with E-state index in [-0.39, 0.29) is 0 Å². The molecule has 3 rings (SSSR count). The van der Waals surface area contributed by atoms with Crippen molar-refractivity contribution in [2.24, 2.45) is 5.73 Å². The Morgan fingerprint density at radius 2 is 2.00 bits per heavy atom. The lowest BCUT2D eigenvalue weighted by Crippen LogP contribution is -2.18. The maximum Gasteiger partial charge on any atom is 0.324 e. The average Bonchev–Trinajstić information content (AvgIpc) is 2.90. The number of fused-ring (bicyclic) bond motifs is 1. The summed E-state index contributed by atoms with van der Waals surface area (Å²) >= 11 is 0. The van der Waals surface area contributed by atoms with Crippen LogP contribution in [0.25, 0.3) is 22.2 Å². The normalized spacial score (nSPS) is 11.2. The van der Waals surface area contributed by atoms with Crippen molar-refractivity contribution in [3.8, 4) is 11.1 Å². The van der Waals surface area contributed by atoms with Gasteiger partial charge in [-0.15, -0.1) is 0 Å². The second kappa shape index (κ2) is 5.61. The number of rotatable bonds is 3. The predicted molar refractivity (Wildman–Crippen MR) is 86.4 cm³/mol. The van der Waals surface area contributed by atoms with Gasteiger partial charge in [0.2, 0.25) is 0 Å². The second-order valence-corrected chi connectivity index (χ2v) is 5.51. The standard InChI is InChI=1S/C17H17N4O/c1-20(2)11-12-3-5-13(6-4-12)15-9-14-7-8-21(17(18)22)16(14)19-10-15/h3-6,8-10H,11H2,1-2H3,(H2,18,22). The zero-order chi connectivity index (χ0) is 15.7. The van der Waals surface area contributed by atoms with Gasteiger partial charge in [-0.25, -0.2) is 9.78 Å². The van der Waals surface area contributed by atoms with Crippen LogP contribution in [-0.4, -0.2) is 34.6 Å². The Balaban J connectivity index is 1.95. The number of amides is 1. The summed E-state index contributed by atoms with van der Waals surface area (Å²) in [5.74, 6) is 0. The fraction of sp³-hybridized carbons (Fsp3) is 0.176. The van der Waals surface area contributed by atoms with Gasteiger partial charge in [-0.05, 0) is 31.3 Å². The van der Waals surface area contributed by atoms with Gasteiger partial charge in [-0.1, -0.05) is 24.3 Å². The van der Waals surface area contributed by atoms with Crippen LogP contribution in [0.5, 0.6) is 0 Å². The molecular formula is C17H17N4O. The highest BCUT2D eigenvalue weighted by molar-refractivity contribution is 5.90. The van der Waals surface area contributed by atoms with E-state index in [1.54, 1.807) is 6.20 Å². The number of nitrogens with zero attached hydrogens (tertiary/aromatic N) is 3. The molecule has 0 bridgehead atoms. The smallest absolute Gasteiger partial charge is 0.324 e. The lowest BCUT2D eigenvalue weighted by Gasteiger charge is -2.10. The summed E-state index contributed by atoms with van der Waals surface area (Å²) in [7, 11) is 4.09. The Morgan fingerprint density at radius 3 is 2.64 bits per heavy atom. The lowest BCUT2D eigenvalue weighted by molar-refractivity contribution is 0.251. The highest BCUT2D eigenvalue weighted by atomic mass is 16.2. The van der Waals surface area contributed by atoms with E-state index < -0.39 is 6.03 Å². The number of hydrogen-bond acceptors (Lipinski definition) is 3. The van der Waals surface area contributed by atoms with Crippen LogP contribution >= 0.6 is 0 Å². The highest BCUT2D eigenvalue weighted by Crippen LogP contribution is 2.23. The second-order valence-electron chi connectivity index (χ2n) is 5.51. The van der Waals surface area contributed by atoms with Crippen molar-refractivity contribution in [3.05, 3.63) is 54.4 Å². The first-order valence-electron chi connectivity index (χ1n) is 6.97. The molecule has 0 aliphatic heterocycles. The minimum Gasteiger partial charge on any atom is -0.351 e. The van der Waals surface area contributed by atoms with Crippen LogP contribution in [0, 0.1) is 6.07 Å². The summed E-state index contributed by atoms with van der Waals surface area (Å²) in [6.07, 6.45) is 3.26. The van der Waals surface area contributed by atoms with Crippen LogP contribution in [-0.2, 0) is 6.54 Å². The van der Waals surface area contributed by atoms with Crippen molar-refractivity contribution >= 4 is 17.1 Å². The van der Waals surface area contributed by atoms with E-state index in [2.05, 4.69) is 40.2 Å². The van der Waals surface area contributed by atoms with Crippen molar-refractivity contribution in [2.75, 3.05) is 14.1 Å². The maximum atomic E-state index is 11.3. The highest BCUT2D eigenvalue weighted by Gasteiger charge is 2.08. The summed E-state index contributed by atoms with van der Waals surface area (Å²) in [4.78, 5) is 17.7. The minimum absolute atomic E-state index is 0.528. The molecule has 3 aromatic rings. The van der Waals surface area contributed by atoms with Crippen LogP contribution in [0.15, 0.2) is 42.7 Å². The first-order valence-corrected chi connectivity index (χ1v) is 6.97. The molecule has 1 aromatic carbocycles. The van der Waals surface area contributed by atoms with Gasteiger partial charge < -0.3 is 10.6 Å². The first kappa shape index (κ1) is 14.3. The quantitative estimate of drug-likeness (QED) is 0.807. The van der Waals surface area contributed by atoms with Gasteiger partial charge in [0.25, 0.3) is 0 Å². The van der Waals surface area contributed by atoms with Crippen molar-refractivity contribution in [2.45, 2.75) is 6.54 Å². The molecule has 111 valence electrons.